The van der Waals surface area contributed by atoms with E-state index in [9.17, 15) is 0 Å². The fourth-order valence-electron chi connectivity index (χ4n) is 0.215. The van der Waals surface area contributed by atoms with Crippen LogP contribution in [0.5, 0.6) is 0 Å². The van der Waals surface area contributed by atoms with E-state index in [0.717, 1.165) is 6.42 Å². The standard InChI is InChI=1S/C7H9N/c1-3-5-7-8-6-4-2/h4,6H,2-3H2,1H3. The molecule has 8 heavy (non-hydrogen) atoms. The van der Waals surface area contributed by atoms with Crippen molar-refractivity contribution in [2.24, 2.45) is 4.99 Å². The predicted molar refractivity (Wildman–Crippen MR) is 36.8 cm³/mol. The molecular weight excluding hydrogens is 98.1 g/mol. The highest BCUT2D eigenvalue weighted by molar-refractivity contribution is 5.71. The first-order valence-electron chi connectivity index (χ1n) is 2.53. The van der Waals surface area contributed by atoms with E-state index in [4.69, 9.17) is 0 Å². The van der Waals surface area contributed by atoms with E-state index < -0.39 is 0 Å². The fourth-order valence-corrected chi connectivity index (χ4v) is 0.215. The van der Waals surface area contributed by atoms with E-state index in [-0.39, 0.29) is 0 Å². The molecule has 0 saturated carbocycles. The Morgan fingerprint density at radius 2 is 2.50 bits per heavy atom. The van der Waals surface area contributed by atoms with Crippen molar-refractivity contribution in [2.45, 2.75) is 13.3 Å². The molecule has 0 bridgehead atoms. The minimum Gasteiger partial charge on any atom is -0.206 e. The van der Waals surface area contributed by atoms with E-state index in [1.807, 2.05) is 6.92 Å². The quantitative estimate of drug-likeness (QED) is 0.356. The molecule has 0 atom stereocenters. The normalized spacial score (nSPS) is 8.12. The van der Waals surface area contributed by atoms with Crippen molar-refractivity contribution >= 4 is 6.21 Å². The van der Waals surface area contributed by atoms with Gasteiger partial charge in [0, 0.05) is 18.7 Å². The summed E-state index contributed by atoms with van der Waals surface area (Å²) in [4.78, 5) is 3.68. The fraction of sp³-hybridized carbons (Fsp3) is 0.286. The summed E-state index contributed by atoms with van der Waals surface area (Å²) < 4.78 is 0. The van der Waals surface area contributed by atoms with Gasteiger partial charge in [0.15, 0.2) is 0 Å². The molecule has 0 saturated heterocycles. The van der Waals surface area contributed by atoms with Gasteiger partial charge in [-0.05, 0) is 0 Å². The summed E-state index contributed by atoms with van der Waals surface area (Å²) in [5, 5.41) is 0. The van der Waals surface area contributed by atoms with E-state index >= 15 is 0 Å². The summed E-state index contributed by atoms with van der Waals surface area (Å²) in [5.41, 5.74) is 0. The van der Waals surface area contributed by atoms with Gasteiger partial charge in [0.1, 0.15) is 0 Å². The molecule has 0 radical (unpaired) electrons. The smallest absolute Gasteiger partial charge is 0.0369 e. The third kappa shape index (κ3) is 4.97. The van der Waals surface area contributed by atoms with Gasteiger partial charge in [-0.2, -0.15) is 0 Å². The van der Waals surface area contributed by atoms with Crippen LogP contribution >= 0.6 is 0 Å². The minimum atomic E-state index is 0.856. The molecule has 0 rings (SSSR count). The van der Waals surface area contributed by atoms with Crippen molar-refractivity contribution in [2.75, 3.05) is 0 Å². The van der Waals surface area contributed by atoms with E-state index in [0.29, 0.717) is 0 Å². The molecule has 0 amide bonds. The molecule has 0 aromatic heterocycles. The van der Waals surface area contributed by atoms with Gasteiger partial charge < -0.3 is 0 Å². The van der Waals surface area contributed by atoms with Gasteiger partial charge in [-0.1, -0.05) is 25.5 Å². The SMILES string of the molecule is C=CC=NC#CCC. The highest BCUT2D eigenvalue weighted by Crippen LogP contribution is 1.67. The van der Waals surface area contributed by atoms with Gasteiger partial charge in [0.2, 0.25) is 0 Å². The van der Waals surface area contributed by atoms with Crippen LogP contribution in [0.25, 0.3) is 0 Å². The second-order valence-corrected chi connectivity index (χ2v) is 1.16. The number of aliphatic imine (C=N–C) groups is 1. The Bertz CT molecular complexity index is 134. The Morgan fingerprint density at radius 1 is 1.75 bits per heavy atom. The van der Waals surface area contributed by atoms with E-state index in [1.54, 1.807) is 12.3 Å². The van der Waals surface area contributed by atoms with Crippen LogP contribution in [-0.4, -0.2) is 6.21 Å². The zero-order valence-electron chi connectivity index (χ0n) is 5.02. The molecule has 1 heteroatoms. The molecule has 0 N–H and O–H groups in total. The third-order valence-corrected chi connectivity index (χ3v) is 0.500. The summed E-state index contributed by atoms with van der Waals surface area (Å²) in [6.07, 6.45) is 4.03. The molecule has 0 aliphatic carbocycles. The van der Waals surface area contributed by atoms with Crippen molar-refractivity contribution in [3.8, 4) is 12.0 Å². The summed E-state index contributed by atoms with van der Waals surface area (Å²) >= 11 is 0. The first kappa shape index (κ1) is 6.97. The average Bonchev–Trinajstić information content (AvgIpc) is 1.81. The lowest BCUT2D eigenvalue weighted by Gasteiger charge is -1.65. The predicted octanol–water partition coefficient (Wildman–Crippen LogP) is 1.61. The third-order valence-electron chi connectivity index (χ3n) is 0.500. The van der Waals surface area contributed by atoms with Crippen LogP contribution in [0.2, 0.25) is 0 Å². The van der Waals surface area contributed by atoms with Crippen LogP contribution in [-0.2, 0) is 0 Å². The van der Waals surface area contributed by atoms with Gasteiger partial charge in [-0.3, -0.25) is 0 Å². The van der Waals surface area contributed by atoms with Gasteiger partial charge in [-0.25, -0.2) is 4.99 Å². The summed E-state index contributed by atoms with van der Waals surface area (Å²) in [7, 11) is 0. The molecular formula is C7H9N. The largest absolute Gasteiger partial charge is 0.206 e. The van der Waals surface area contributed by atoms with Crippen molar-refractivity contribution in [3.05, 3.63) is 12.7 Å². The van der Waals surface area contributed by atoms with Crippen molar-refractivity contribution in [1.82, 2.24) is 0 Å². The van der Waals surface area contributed by atoms with Crippen LogP contribution in [0.1, 0.15) is 13.3 Å². The lowest BCUT2D eigenvalue weighted by Crippen LogP contribution is -1.57. The van der Waals surface area contributed by atoms with Crippen LogP contribution in [0.3, 0.4) is 0 Å². The van der Waals surface area contributed by atoms with Crippen LogP contribution in [0, 0.1) is 12.0 Å². The Hall–Kier alpha value is -1.03. The molecule has 42 valence electrons. The maximum absolute atomic E-state index is 3.68. The summed E-state index contributed by atoms with van der Waals surface area (Å²) in [6.45, 7) is 5.42. The molecule has 0 fully saturated rings. The minimum absolute atomic E-state index is 0.856. The first-order chi connectivity index (χ1) is 3.91. The topological polar surface area (TPSA) is 12.4 Å². The highest BCUT2D eigenvalue weighted by atomic mass is 14.6. The van der Waals surface area contributed by atoms with Crippen molar-refractivity contribution in [3.63, 3.8) is 0 Å². The summed E-state index contributed by atoms with van der Waals surface area (Å²) in [6, 6.07) is 2.58. The molecule has 0 heterocycles. The molecule has 0 aromatic rings. The summed E-state index contributed by atoms with van der Waals surface area (Å²) in [5.74, 6) is 2.79. The molecule has 0 aliphatic rings. The Balaban J connectivity index is 3.40. The van der Waals surface area contributed by atoms with Crippen LogP contribution in [0.4, 0.5) is 0 Å². The number of nitrogens with zero attached hydrogens (tertiary/aromatic N) is 1. The molecule has 0 aromatic carbocycles. The monoisotopic (exact) mass is 107 g/mol. The Kier molecular flexibility index (Phi) is 5.20. The van der Waals surface area contributed by atoms with Crippen LogP contribution < -0.4 is 0 Å². The van der Waals surface area contributed by atoms with Gasteiger partial charge >= 0.3 is 0 Å². The zero-order chi connectivity index (χ0) is 6.24. The Morgan fingerprint density at radius 3 is 3.00 bits per heavy atom. The highest BCUT2D eigenvalue weighted by Gasteiger charge is 1.56. The van der Waals surface area contributed by atoms with E-state index in [2.05, 4.69) is 23.5 Å². The van der Waals surface area contributed by atoms with Crippen molar-refractivity contribution < 1.29 is 0 Å². The Labute approximate surface area is 50.1 Å². The molecule has 0 spiro atoms. The maximum atomic E-state index is 3.68. The number of hydrogen-bond acceptors (Lipinski definition) is 1. The maximum Gasteiger partial charge on any atom is 0.0369 e. The lowest BCUT2D eigenvalue weighted by atomic mass is 10.5. The first-order valence-corrected chi connectivity index (χ1v) is 2.53. The van der Waals surface area contributed by atoms with E-state index in [1.165, 1.54) is 0 Å². The second kappa shape index (κ2) is 5.97. The van der Waals surface area contributed by atoms with Gasteiger partial charge in [-0.15, -0.1) is 0 Å². The molecule has 1 nitrogen and oxygen atoms in total. The molecule has 0 unspecified atom stereocenters. The van der Waals surface area contributed by atoms with Gasteiger partial charge in [0.25, 0.3) is 0 Å². The number of allylic oxidation sites excluding steroid dienone is 1. The average molecular weight is 107 g/mol. The zero-order valence-corrected chi connectivity index (χ0v) is 5.02. The number of hydrogen-bond donors (Lipinski definition) is 0. The van der Waals surface area contributed by atoms with Gasteiger partial charge in [0.05, 0.1) is 0 Å². The number of rotatable bonds is 1. The van der Waals surface area contributed by atoms with Crippen molar-refractivity contribution in [1.29, 1.82) is 0 Å². The lowest BCUT2D eigenvalue weighted by molar-refractivity contribution is 1.27. The van der Waals surface area contributed by atoms with Crippen LogP contribution in [0.15, 0.2) is 17.6 Å². The molecule has 0 aliphatic heterocycles. The second-order valence-electron chi connectivity index (χ2n) is 1.16.